The standard InChI is InChI=1S/C28H24ClN5O/c1-17-8-6-9-19(14-17)22-16-31-28(30)33-26(22)32-18(2)24-15-20-10-7-13-23(29)25(20)27(35)34(24)21-11-4-3-5-12-21/h3-16,18H,1-2H3,(H3,30,31,32,33)/t18-/m0/s1. The summed E-state index contributed by atoms with van der Waals surface area (Å²) in [7, 11) is 0. The molecule has 0 bridgehead atoms. The van der Waals surface area contributed by atoms with Crippen molar-refractivity contribution in [1.82, 2.24) is 14.5 Å². The largest absolute Gasteiger partial charge is 0.368 e. The topological polar surface area (TPSA) is 85.8 Å². The number of nitrogen functional groups attached to an aromatic ring is 1. The monoisotopic (exact) mass is 481 g/mol. The maximum Gasteiger partial charge on any atom is 0.264 e. The maximum absolute atomic E-state index is 13.7. The zero-order chi connectivity index (χ0) is 24.5. The van der Waals surface area contributed by atoms with Crippen LogP contribution in [0.4, 0.5) is 11.8 Å². The van der Waals surface area contributed by atoms with E-state index in [1.807, 2.05) is 80.6 Å². The van der Waals surface area contributed by atoms with Crippen LogP contribution in [-0.4, -0.2) is 14.5 Å². The molecule has 3 aromatic carbocycles. The minimum absolute atomic E-state index is 0.168. The van der Waals surface area contributed by atoms with Crippen molar-refractivity contribution in [1.29, 1.82) is 0 Å². The first-order valence-electron chi connectivity index (χ1n) is 11.3. The second-order valence-electron chi connectivity index (χ2n) is 8.48. The molecule has 0 saturated carbocycles. The maximum atomic E-state index is 13.7. The van der Waals surface area contributed by atoms with Gasteiger partial charge in [0.05, 0.1) is 16.5 Å². The fourth-order valence-corrected chi connectivity index (χ4v) is 4.57. The van der Waals surface area contributed by atoms with Crippen molar-refractivity contribution in [3.05, 3.63) is 112 Å². The van der Waals surface area contributed by atoms with Crippen LogP contribution < -0.4 is 16.6 Å². The minimum Gasteiger partial charge on any atom is -0.368 e. The van der Waals surface area contributed by atoms with Gasteiger partial charge < -0.3 is 11.1 Å². The van der Waals surface area contributed by atoms with E-state index in [9.17, 15) is 4.79 Å². The highest BCUT2D eigenvalue weighted by Crippen LogP contribution is 2.31. The molecule has 0 unspecified atom stereocenters. The molecule has 2 aromatic heterocycles. The Morgan fingerprint density at radius 3 is 2.54 bits per heavy atom. The number of halogens is 1. The number of para-hydroxylation sites is 1. The van der Waals surface area contributed by atoms with Crippen molar-refractivity contribution in [2.24, 2.45) is 0 Å². The van der Waals surface area contributed by atoms with E-state index in [0.717, 1.165) is 33.5 Å². The van der Waals surface area contributed by atoms with Gasteiger partial charge in [0.2, 0.25) is 5.95 Å². The van der Waals surface area contributed by atoms with Gasteiger partial charge in [-0.1, -0.05) is 71.8 Å². The van der Waals surface area contributed by atoms with Gasteiger partial charge in [0.25, 0.3) is 5.56 Å². The lowest BCUT2D eigenvalue weighted by Gasteiger charge is -2.23. The molecule has 0 amide bonds. The summed E-state index contributed by atoms with van der Waals surface area (Å²) in [5.41, 5.74) is 10.2. The fourth-order valence-electron chi connectivity index (χ4n) is 4.31. The highest BCUT2D eigenvalue weighted by Gasteiger charge is 2.19. The average Bonchev–Trinajstić information content (AvgIpc) is 2.84. The lowest BCUT2D eigenvalue weighted by atomic mass is 10.0. The number of anilines is 2. The molecule has 0 aliphatic rings. The highest BCUT2D eigenvalue weighted by atomic mass is 35.5. The van der Waals surface area contributed by atoms with Gasteiger partial charge in [-0.05, 0) is 49.1 Å². The molecule has 1 atom stereocenters. The molecule has 3 N–H and O–H groups in total. The Balaban J connectivity index is 1.67. The second kappa shape index (κ2) is 9.24. The minimum atomic E-state index is -0.302. The fraction of sp³-hybridized carbons (Fsp3) is 0.107. The molecule has 0 aliphatic heterocycles. The van der Waals surface area contributed by atoms with Crippen LogP contribution in [0.1, 0.15) is 24.2 Å². The van der Waals surface area contributed by atoms with Crippen LogP contribution in [0.5, 0.6) is 0 Å². The summed E-state index contributed by atoms with van der Waals surface area (Å²) in [6.07, 6.45) is 1.72. The van der Waals surface area contributed by atoms with E-state index >= 15 is 0 Å². The number of hydrogen-bond donors (Lipinski definition) is 2. The predicted octanol–water partition coefficient (Wildman–Crippen LogP) is 6.16. The molecule has 0 saturated heterocycles. The van der Waals surface area contributed by atoms with Crippen LogP contribution in [0.25, 0.3) is 27.6 Å². The number of pyridine rings is 1. The molecular formula is C28H24ClN5O. The normalized spacial score (nSPS) is 12.0. The van der Waals surface area contributed by atoms with Crippen LogP contribution in [0, 0.1) is 6.92 Å². The molecule has 0 spiro atoms. The average molecular weight is 482 g/mol. The van der Waals surface area contributed by atoms with E-state index in [-0.39, 0.29) is 17.5 Å². The van der Waals surface area contributed by atoms with Crippen LogP contribution in [0.3, 0.4) is 0 Å². The van der Waals surface area contributed by atoms with Crippen molar-refractivity contribution >= 4 is 34.1 Å². The SMILES string of the molecule is Cc1cccc(-c2cnc(N)nc2N[C@@H](C)c2cc3cccc(Cl)c3c(=O)n2-c2ccccc2)c1. The molecule has 6 nitrogen and oxygen atoms in total. The molecule has 2 heterocycles. The zero-order valence-electron chi connectivity index (χ0n) is 19.4. The van der Waals surface area contributed by atoms with E-state index in [0.29, 0.717) is 16.2 Å². The van der Waals surface area contributed by atoms with E-state index in [1.54, 1.807) is 16.8 Å². The second-order valence-corrected chi connectivity index (χ2v) is 8.88. The van der Waals surface area contributed by atoms with Crippen molar-refractivity contribution in [3.63, 3.8) is 0 Å². The molecular weight excluding hydrogens is 458 g/mol. The molecule has 5 rings (SSSR count). The van der Waals surface area contributed by atoms with E-state index < -0.39 is 0 Å². The molecule has 174 valence electrons. The lowest BCUT2D eigenvalue weighted by molar-refractivity contribution is 0.773. The summed E-state index contributed by atoms with van der Waals surface area (Å²) < 4.78 is 1.70. The predicted molar refractivity (Wildman–Crippen MR) is 143 cm³/mol. The number of nitrogens with one attached hydrogen (secondary N) is 1. The zero-order valence-corrected chi connectivity index (χ0v) is 20.1. The van der Waals surface area contributed by atoms with E-state index in [1.165, 1.54) is 0 Å². The first kappa shape index (κ1) is 22.6. The van der Waals surface area contributed by atoms with Crippen molar-refractivity contribution in [2.45, 2.75) is 19.9 Å². The van der Waals surface area contributed by atoms with Gasteiger partial charge in [0.15, 0.2) is 0 Å². The van der Waals surface area contributed by atoms with Crippen molar-refractivity contribution < 1.29 is 0 Å². The Morgan fingerprint density at radius 1 is 1.00 bits per heavy atom. The van der Waals surface area contributed by atoms with Gasteiger partial charge in [0.1, 0.15) is 5.82 Å². The molecule has 0 radical (unpaired) electrons. The van der Waals surface area contributed by atoms with Crippen LogP contribution in [0.2, 0.25) is 5.02 Å². The van der Waals surface area contributed by atoms with Crippen LogP contribution >= 0.6 is 11.6 Å². The summed E-state index contributed by atoms with van der Waals surface area (Å²) in [5, 5.41) is 5.17. The molecule has 5 aromatic rings. The van der Waals surface area contributed by atoms with Crippen molar-refractivity contribution in [3.8, 4) is 16.8 Å². The first-order chi connectivity index (χ1) is 16.9. The summed E-state index contributed by atoms with van der Waals surface area (Å²) in [4.78, 5) is 22.4. The Hall–Kier alpha value is -4.16. The van der Waals surface area contributed by atoms with Gasteiger partial charge in [-0.3, -0.25) is 9.36 Å². The van der Waals surface area contributed by atoms with Gasteiger partial charge in [0, 0.05) is 23.1 Å². The number of aromatic nitrogens is 3. The van der Waals surface area contributed by atoms with Gasteiger partial charge in [-0.15, -0.1) is 0 Å². The Kier molecular flexibility index (Phi) is 5.97. The number of nitrogens with two attached hydrogens (primary N) is 1. The van der Waals surface area contributed by atoms with Crippen LogP contribution in [0.15, 0.2) is 89.9 Å². The Morgan fingerprint density at radius 2 is 1.77 bits per heavy atom. The summed E-state index contributed by atoms with van der Waals surface area (Å²) in [5.74, 6) is 0.760. The van der Waals surface area contributed by atoms with Crippen LogP contribution in [-0.2, 0) is 0 Å². The molecule has 35 heavy (non-hydrogen) atoms. The number of nitrogens with zero attached hydrogens (tertiary/aromatic N) is 3. The molecule has 7 heteroatoms. The third-order valence-corrected chi connectivity index (χ3v) is 6.29. The third kappa shape index (κ3) is 4.36. The molecule has 0 fully saturated rings. The summed E-state index contributed by atoms with van der Waals surface area (Å²) in [6, 6.07) is 24.8. The van der Waals surface area contributed by atoms with Crippen molar-refractivity contribution in [2.75, 3.05) is 11.1 Å². The molecule has 0 aliphatic carbocycles. The summed E-state index contributed by atoms with van der Waals surface area (Å²) >= 11 is 6.44. The van der Waals surface area contributed by atoms with Gasteiger partial charge in [-0.25, -0.2) is 4.98 Å². The summed E-state index contributed by atoms with van der Waals surface area (Å²) in [6.45, 7) is 4.03. The number of rotatable bonds is 5. The number of fused-ring (bicyclic) bond motifs is 1. The highest BCUT2D eigenvalue weighted by molar-refractivity contribution is 6.35. The number of benzene rings is 3. The van der Waals surface area contributed by atoms with E-state index in [4.69, 9.17) is 17.3 Å². The Bertz CT molecular complexity index is 1600. The Labute approximate surface area is 208 Å². The number of hydrogen-bond acceptors (Lipinski definition) is 5. The quantitative estimate of drug-likeness (QED) is 0.313. The lowest BCUT2D eigenvalue weighted by Crippen LogP contribution is -2.26. The number of aryl methyl sites for hydroxylation is 1. The third-order valence-electron chi connectivity index (χ3n) is 5.97. The first-order valence-corrected chi connectivity index (χ1v) is 11.7. The van der Waals surface area contributed by atoms with E-state index in [2.05, 4.69) is 21.4 Å². The van der Waals surface area contributed by atoms with Gasteiger partial charge in [-0.2, -0.15) is 4.98 Å². The smallest absolute Gasteiger partial charge is 0.264 e. The van der Waals surface area contributed by atoms with Gasteiger partial charge >= 0.3 is 0 Å².